The molecule has 5 rings (SSSR count). The zero-order chi connectivity index (χ0) is 16.2. The van der Waals surface area contributed by atoms with E-state index in [1.165, 1.54) is 24.8 Å². The van der Waals surface area contributed by atoms with E-state index < -0.39 is 0 Å². The molecule has 4 fully saturated rings. The van der Waals surface area contributed by atoms with Crippen LogP contribution < -0.4 is 0 Å². The van der Waals surface area contributed by atoms with Gasteiger partial charge >= 0.3 is 0 Å². The van der Waals surface area contributed by atoms with Gasteiger partial charge in [0.05, 0.1) is 7.11 Å². The molecule has 4 bridgehead atoms. The molecule has 4 saturated carbocycles. The van der Waals surface area contributed by atoms with Gasteiger partial charge in [0.1, 0.15) is 5.76 Å². The molecule has 4 aliphatic carbocycles. The van der Waals surface area contributed by atoms with Gasteiger partial charge in [-0.3, -0.25) is 0 Å². The second kappa shape index (κ2) is 5.32. The minimum Gasteiger partial charge on any atom is -0.496 e. The van der Waals surface area contributed by atoms with Crippen LogP contribution >= 0.6 is 11.6 Å². The maximum Gasteiger partial charge on any atom is 0.125 e. The Morgan fingerprint density at radius 3 is 2.48 bits per heavy atom. The third-order valence-electron chi connectivity index (χ3n) is 6.10. The smallest absolute Gasteiger partial charge is 0.125 e. The molecule has 120 valence electrons. The number of aryl methyl sites for hydroxylation is 1. The molecule has 0 heterocycles. The van der Waals surface area contributed by atoms with Gasteiger partial charge in [-0.1, -0.05) is 12.0 Å². The number of methoxy groups -OCH3 is 1. The Morgan fingerprint density at radius 1 is 1.26 bits per heavy atom. The molecular weight excluding hydrogens is 304 g/mol. The largest absolute Gasteiger partial charge is 0.496 e. The average molecular weight is 327 g/mol. The van der Waals surface area contributed by atoms with Crippen molar-refractivity contribution in [1.82, 2.24) is 0 Å². The van der Waals surface area contributed by atoms with Gasteiger partial charge in [-0.15, -0.1) is 18.0 Å². The number of terminal acetylenes is 1. The van der Waals surface area contributed by atoms with Crippen molar-refractivity contribution < 1.29 is 4.74 Å². The van der Waals surface area contributed by atoms with Crippen molar-refractivity contribution in [3.8, 4) is 12.3 Å². The van der Waals surface area contributed by atoms with Crippen LogP contribution in [0.3, 0.4) is 0 Å². The number of allylic oxidation sites excluding steroid dienone is 1. The molecular formula is C21H23ClO. The van der Waals surface area contributed by atoms with Crippen molar-refractivity contribution in [2.75, 3.05) is 7.11 Å². The van der Waals surface area contributed by atoms with E-state index >= 15 is 0 Å². The molecule has 23 heavy (non-hydrogen) atoms. The fraction of sp³-hybridized carbons (Fsp3) is 0.524. The van der Waals surface area contributed by atoms with Crippen molar-refractivity contribution in [3.63, 3.8) is 0 Å². The first kappa shape index (κ1) is 15.2. The van der Waals surface area contributed by atoms with Crippen LogP contribution in [0.5, 0.6) is 0 Å². The summed E-state index contributed by atoms with van der Waals surface area (Å²) in [5.41, 5.74) is 4.78. The molecule has 0 N–H and O–H groups in total. The van der Waals surface area contributed by atoms with E-state index in [1.54, 1.807) is 7.11 Å². The Kier molecular flexibility index (Phi) is 3.50. The molecule has 1 nitrogen and oxygen atoms in total. The summed E-state index contributed by atoms with van der Waals surface area (Å²) in [4.78, 5) is 0.0576. The molecule has 4 aliphatic rings. The Bertz CT molecular complexity index is 706. The zero-order valence-electron chi connectivity index (χ0n) is 13.9. The number of hydrogen-bond acceptors (Lipinski definition) is 1. The van der Waals surface area contributed by atoms with Crippen LogP contribution in [0.4, 0.5) is 0 Å². The maximum atomic E-state index is 6.87. The lowest BCUT2D eigenvalue weighted by atomic mass is 9.53. The van der Waals surface area contributed by atoms with Crippen molar-refractivity contribution in [2.45, 2.75) is 43.9 Å². The highest BCUT2D eigenvalue weighted by molar-refractivity contribution is 6.24. The first-order chi connectivity index (χ1) is 11.0. The van der Waals surface area contributed by atoms with Gasteiger partial charge in [-0.05, 0) is 80.1 Å². The Balaban J connectivity index is 1.79. The van der Waals surface area contributed by atoms with Crippen molar-refractivity contribution in [1.29, 1.82) is 0 Å². The quantitative estimate of drug-likeness (QED) is 0.415. The SMILES string of the molecule is C#Cc1ccc(C(OC)=C2C3CC4CC2CC(Cl)(C4)C3)cc1C. The molecule has 0 aliphatic heterocycles. The summed E-state index contributed by atoms with van der Waals surface area (Å²) >= 11 is 6.87. The Labute approximate surface area is 144 Å². The number of rotatable bonds is 2. The molecule has 0 radical (unpaired) electrons. The summed E-state index contributed by atoms with van der Waals surface area (Å²) in [6.07, 6.45) is 11.6. The summed E-state index contributed by atoms with van der Waals surface area (Å²) in [6, 6.07) is 6.31. The fourth-order valence-electron chi connectivity index (χ4n) is 5.43. The van der Waals surface area contributed by atoms with Crippen LogP contribution in [0.25, 0.3) is 5.76 Å². The van der Waals surface area contributed by atoms with E-state index in [1.807, 2.05) is 6.07 Å². The first-order valence-corrected chi connectivity index (χ1v) is 8.95. The minimum absolute atomic E-state index is 0.0576. The normalized spacial score (nSPS) is 34.3. The lowest BCUT2D eigenvalue weighted by Gasteiger charge is -2.55. The van der Waals surface area contributed by atoms with Gasteiger partial charge in [-0.25, -0.2) is 0 Å². The molecule has 1 aromatic rings. The molecule has 0 aromatic heterocycles. The van der Waals surface area contributed by atoms with Gasteiger partial charge in [0.15, 0.2) is 0 Å². The van der Waals surface area contributed by atoms with E-state index in [0.717, 1.165) is 41.2 Å². The van der Waals surface area contributed by atoms with Crippen LogP contribution in [0.15, 0.2) is 23.8 Å². The van der Waals surface area contributed by atoms with Gasteiger partial charge in [0.2, 0.25) is 0 Å². The van der Waals surface area contributed by atoms with E-state index in [0.29, 0.717) is 11.8 Å². The number of halogens is 1. The lowest BCUT2D eigenvalue weighted by molar-refractivity contribution is 0.0843. The molecule has 1 aromatic carbocycles. The second-order valence-electron chi connectivity index (χ2n) is 7.66. The van der Waals surface area contributed by atoms with Crippen LogP contribution in [0, 0.1) is 37.0 Å². The van der Waals surface area contributed by atoms with Crippen molar-refractivity contribution in [3.05, 3.63) is 40.5 Å². The second-order valence-corrected chi connectivity index (χ2v) is 8.46. The molecule has 0 amide bonds. The van der Waals surface area contributed by atoms with Gasteiger partial charge in [0.25, 0.3) is 0 Å². The number of hydrogen-bond donors (Lipinski definition) is 0. The Morgan fingerprint density at radius 2 is 1.96 bits per heavy atom. The highest BCUT2D eigenvalue weighted by Crippen LogP contribution is 2.61. The Hall–Kier alpha value is -1.39. The molecule has 2 heteroatoms. The summed E-state index contributed by atoms with van der Waals surface area (Å²) in [6.45, 7) is 2.07. The molecule has 2 atom stereocenters. The fourth-order valence-corrected chi connectivity index (χ4v) is 6.02. The topological polar surface area (TPSA) is 9.23 Å². The summed E-state index contributed by atoms with van der Waals surface area (Å²) in [5, 5.41) is 0. The summed E-state index contributed by atoms with van der Waals surface area (Å²) in [5.74, 6) is 5.83. The number of ether oxygens (including phenoxy) is 1. The number of benzene rings is 1. The van der Waals surface area contributed by atoms with Crippen LogP contribution in [0.2, 0.25) is 0 Å². The van der Waals surface area contributed by atoms with E-state index in [9.17, 15) is 0 Å². The highest BCUT2D eigenvalue weighted by Gasteiger charge is 2.53. The summed E-state index contributed by atoms with van der Waals surface area (Å²) < 4.78 is 5.91. The third kappa shape index (κ3) is 2.39. The van der Waals surface area contributed by atoms with Crippen molar-refractivity contribution in [2.24, 2.45) is 17.8 Å². The van der Waals surface area contributed by atoms with E-state index in [4.69, 9.17) is 22.8 Å². The highest BCUT2D eigenvalue weighted by atomic mass is 35.5. The average Bonchev–Trinajstić information content (AvgIpc) is 2.49. The lowest BCUT2D eigenvalue weighted by Crippen LogP contribution is -2.48. The van der Waals surface area contributed by atoms with E-state index in [2.05, 4.69) is 25.0 Å². The summed E-state index contributed by atoms with van der Waals surface area (Å²) in [7, 11) is 1.80. The standard InChI is InChI=1S/C21H23ClO/c1-4-15-5-6-16(7-13(15)2)20(23-3)19-17-8-14-9-18(19)12-21(22,10-14)11-17/h1,5-7,14,17-18H,8-12H2,2-3H3. The van der Waals surface area contributed by atoms with E-state index in [-0.39, 0.29) is 4.87 Å². The first-order valence-electron chi connectivity index (χ1n) is 8.57. The number of alkyl halides is 1. The maximum absolute atomic E-state index is 6.87. The van der Waals surface area contributed by atoms with Crippen LogP contribution in [-0.2, 0) is 4.74 Å². The van der Waals surface area contributed by atoms with Gasteiger partial charge in [-0.2, -0.15) is 0 Å². The van der Waals surface area contributed by atoms with Crippen molar-refractivity contribution >= 4 is 17.4 Å². The predicted molar refractivity (Wildman–Crippen MR) is 95.2 cm³/mol. The zero-order valence-corrected chi connectivity index (χ0v) is 14.6. The third-order valence-corrected chi connectivity index (χ3v) is 6.57. The molecule has 2 unspecified atom stereocenters. The molecule has 0 spiro atoms. The van der Waals surface area contributed by atoms with Gasteiger partial charge < -0.3 is 4.74 Å². The van der Waals surface area contributed by atoms with Gasteiger partial charge in [0, 0.05) is 16.0 Å². The predicted octanol–water partition coefficient (Wildman–Crippen LogP) is 5.15. The monoisotopic (exact) mass is 326 g/mol. The van der Waals surface area contributed by atoms with Crippen LogP contribution in [0.1, 0.15) is 48.8 Å². The minimum atomic E-state index is 0.0576. The molecule has 0 saturated heterocycles. The van der Waals surface area contributed by atoms with Crippen LogP contribution in [-0.4, -0.2) is 12.0 Å².